The van der Waals surface area contributed by atoms with Gasteiger partial charge in [0.2, 0.25) is 0 Å². The van der Waals surface area contributed by atoms with Crippen molar-refractivity contribution in [2.45, 2.75) is 64.1 Å². The molecule has 3 heteroatoms. The molecule has 3 nitrogen and oxygen atoms in total. The second kappa shape index (κ2) is 7.63. The van der Waals surface area contributed by atoms with Gasteiger partial charge in [-0.25, -0.2) is 0 Å². The standard InChI is InChI=1S/C18H31NO2/c1-4-18(8-6-5-7-9-18)21-14-17(20)13-19-11-15(2)10-16(3)12-19/h1,15-17,20H,5-14H2,2-3H3/t15-,16+,17-/m1/s1. The van der Waals surface area contributed by atoms with Crippen molar-refractivity contribution in [1.29, 1.82) is 0 Å². The second-order valence-electron chi connectivity index (χ2n) is 7.33. The van der Waals surface area contributed by atoms with Gasteiger partial charge in [0.05, 0.1) is 12.7 Å². The van der Waals surface area contributed by atoms with Crippen molar-refractivity contribution in [2.24, 2.45) is 11.8 Å². The summed E-state index contributed by atoms with van der Waals surface area (Å²) in [7, 11) is 0. The van der Waals surface area contributed by atoms with E-state index < -0.39 is 11.7 Å². The molecule has 0 amide bonds. The minimum Gasteiger partial charge on any atom is -0.389 e. The fourth-order valence-electron chi connectivity index (χ4n) is 4.00. The monoisotopic (exact) mass is 293 g/mol. The van der Waals surface area contributed by atoms with Crippen LogP contribution in [-0.4, -0.2) is 48.0 Å². The summed E-state index contributed by atoms with van der Waals surface area (Å²) in [6, 6.07) is 0. The molecule has 1 N–H and O–H groups in total. The highest BCUT2D eigenvalue weighted by Gasteiger charge is 2.32. The summed E-state index contributed by atoms with van der Waals surface area (Å²) in [4.78, 5) is 2.37. The first kappa shape index (κ1) is 16.8. The Balaban J connectivity index is 1.76. The summed E-state index contributed by atoms with van der Waals surface area (Å²) >= 11 is 0. The lowest BCUT2D eigenvalue weighted by Gasteiger charge is -2.37. The smallest absolute Gasteiger partial charge is 0.128 e. The van der Waals surface area contributed by atoms with Crippen LogP contribution in [0.2, 0.25) is 0 Å². The third-order valence-corrected chi connectivity index (χ3v) is 4.89. The Morgan fingerprint density at radius 3 is 2.43 bits per heavy atom. The van der Waals surface area contributed by atoms with Crippen LogP contribution in [0, 0.1) is 24.2 Å². The average Bonchev–Trinajstić information content (AvgIpc) is 2.45. The molecule has 2 rings (SSSR count). The van der Waals surface area contributed by atoms with E-state index in [0.29, 0.717) is 13.2 Å². The Kier molecular flexibility index (Phi) is 6.10. The van der Waals surface area contributed by atoms with Crippen molar-refractivity contribution in [1.82, 2.24) is 4.90 Å². The maximum atomic E-state index is 10.3. The molecule has 21 heavy (non-hydrogen) atoms. The van der Waals surface area contributed by atoms with Crippen LogP contribution in [0.25, 0.3) is 0 Å². The maximum Gasteiger partial charge on any atom is 0.128 e. The van der Waals surface area contributed by atoms with E-state index in [2.05, 4.69) is 24.7 Å². The first-order valence-corrected chi connectivity index (χ1v) is 8.55. The van der Waals surface area contributed by atoms with Gasteiger partial charge in [-0.1, -0.05) is 26.2 Å². The Labute approximate surface area is 130 Å². The van der Waals surface area contributed by atoms with Crippen LogP contribution in [0.15, 0.2) is 0 Å². The number of aliphatic hydroxyl groups excluding tert-OH is 1. The van der Waals surface area contributed by atoms with Gasteiger partial charge in [-0.2, -0.15) is 0 Å². The van der Waals surface area contributed by atoms with Crippen LogP contribution in [0.4, 0.5) is 0 Å². The molecule has 1 aliphatic heterocycles. The third-order valence-electron chi connectivity index (χ3n) is 4.89. The fourth-order valence-corrected chi connectivity index (χ4v) is 4.00. The number of ether oxygens (including phenoxy) is 1. The summed E-state index contributed by atoms with van der Waals surface area (Å²) in [5, 5.41) is 10.3. The number of aliphatic hydroxyl groups is 1. The molecule has 2 aliphatic rings. The largest absolute Gasteiger partial charge is 0.389 e. The van der Waals surface area contributed by atoms with Crippen LogP contribution in [0.5, 0.6) is 0 Å². The SMILES string of the molecule is C#CC1(OC[C@H](O)CN2C[C@H](C)C[C@H](C)C2)CCCCC1. The van der Waals surface area contributed by atoms with Gasteiger partial charge < -0.3 is 14.7 Å². The third kappa shape index (κ3) is 4.98. The topological polar surface area (TPSA) is 32.7 Å². The van der Waals surface area contributed by atoms with Crippen molar-refractivity contribution in [3.63, 3.8) is 0 Å². The Morgan fingerprint density at radius 2 is 1.86 bits per heavy atom. The molecule has 120 valence electrons. The quantitative estimate of drug-likeness (QED) is 0.791. The van der Waals surface area contributed by atoms with E-state index in [1.165, 1.54) is 12.8 Å². The first-order chi connectivity index (χ1) is 10.0. The summed E-state index contributed by atoms with van der Waals surface area (Å²) in [5.41, 5.74) is -0.415. The first-order valence-electron chi connectivity index (χ1n) is 8.55. The Bertz CT molecular complexity index is 347. The minimum absolute atomic E-state index is 0.365. The van der Waals surface area contributed by atoms with Crippen molar-refractivity contribution >= 4 is 0 Å². The molecule has 0 aromatic carbocycles. The molecule has 1 aliphatic carbocycles. The lowest BCUT2D eigenvalue weighted by atomic mass is 9.85. The normalized spacial score (nSPS) is 31.5. The van der Waals surface area contributed by atoms with Crippen LogP contribution in [0.3, 0.4) is 0 Å². The van der Waals surface area contributed by atoms with Gasteiger partial charge in [0.1, 0.15) is 5.60 Å². The molecule has 0 aromatic heterocycles. The number of terminal acetylenes is 1. The van der Waals surface area contributed by atoms with E-state index in [1.807, 2.05) is 0 Å². The Morgan fingerprint density at radius 1 is 1.24 bits per heavy atom. The molecule has 1 saturated heterocycles. The predicted molar refractivity (Wildman–Crippen MR) is 86.0 cm³/mol. The van der Waals surface area contributed by atoms with Crippen LogP contribution >= 0.6 is 0 Å². The fraction of sp³-hybridized carbons (Fsp3) is 0.889. The van der Waals surface area contributed by atoms with Crippen molar-refractivity contribution in [3.05, 3.63) is 0 Å². The van der Waals surface area contributed by atoms with Gasteiger partial charge in [0.25, 0.3) is 0 Å². The highest BCUT2D eigenvalue weighted by molar-refractivity contribution is 5.09. The molecule has 3 atom stereocenters. The van der Waals surface area contributed by atoms with Gasteiger partial charge in [-0.05, 0) is 43.9 Å². The molecule has 0 aromatic rings. The van der Waals surface area contributed by atoms with Crippen LogP contribution in [-0.2, 0) is 4.74 Å². The zero-order valence-electron chi connectivity index (χ0n) is 13.7. The summed E-state index contributed by atoms with van der Waals surface area (Å²) in [5.74, 6) is 4.28. The number of hydrogen-bond donors (Lipinski definition) is 1. The van der Waals surface area contributed by atoms with Gasteiger partial charge in [0.15, 0.2) is 0 Å². The van der Waals surface area contributed by atoms with Crippen LogP contribution < -0.4 is 0 Å². The zero-order valence-corrected chi connectivity index (χ0v) is 13.7. The van der Waals surface area contributed by atoms with Gasteiger partial charge in [0, 0.05) is 19.6 Å². The zero-order chi connectivity index (χ0) is 15.3. The molecule has 0 bridgehead atoms. The molecule has 2 fully saturated rings. The maximum absolute atomic E-state index is 10.3. The lowest BCUT2D eigenvalue weighted by Crippen LogP contribution is -2.45. The van der Waals surface area contributed by atoms with Crippen molar-refractivity contribution < 1.29 is 9.84 Å². The van der Waals surface area contributed by atoms with E-state index in [1.54, 1.807) is 0 Å². The van der Waals surface area contributed by atoms with E-state index in [4.69, 9.17) is 11.2 Å². The number of nitrogens with zero attached hydrogens (tertiary/aromatic N) is 1. The van der Waals surface area contributed by atoms with E-state index >= 15 is 0 Å². The molecule has 0 radical (unpaired) electrons. The molecular weight excluding hydrogens is 262 g/mol. The number of piperidine rings is 1. The van der Waals surface area contributed by atoms with Crippen molar-refractivity contribution in [3.8, 4) is 12.3 Å². The summed E-state index contributed by atoms with van der Waals surface area (Å²) in [6.07, 6.45) is 11.9. The van der Waals surface area contributed by atoms with Crippen molar-refractivity contribution in [2.75, 3.05) is 26.2 Å². The predicted octanol–water partition coefficient (Wildman–Crippen LogP) is 2.68. The summed E-state index contributed by atoms with van der Waals surface area (Å²) in [6.45, 7) is 7.82. The average molecular weight is 293 g/mol. The molecule has 1 heterocycles. The number of β-amino-alcohol motifs (C(OH)–C–C–N with tert-alkyl or cyclic N) is 1. The van der Waals surface area contributed by atoms with E-state index in [0.717, 1.165) is 50.6 Å². The number of hydrogen-bond acceptors (Lipinski definition) is 3. The highest BCUT2D eigenvalue weighted by Crippen LogP contribution is 2.31. The van der Waals surface area contributed by atoms with E-state index in [-0.39, 0.29) is 0 Å². The summed E-state index contributed by atoms with van der Waals surface area (Å²) < 4.78 is 5.96. The van der Waals surface area contributed by atoms with E-state index in [9.17, 15) is 5.11 Å². The number of likely N-dealkylation sites (tertiary alicyclic amines) is 1. The van der Waals surface area contributed by atoms with Gasteiger partial charge >= 0.3 is 0 Å². The Hall–Kier alpha value is -0.560. The minimum atomic E-state index is -0.436. The van der Waals surface area contributed by atoms with Gasteiger partial charge in [-0.3, -0.25) is 0 Å². The number of rotatable bonds is 5. The molecule has 0 unspecified atom stereocenters. The molecular formula is C18H31NO2. The highest BCUT2D eigenvalue weighted by atomic mass is 16.5. The molecule has 0 spiro atoms. The van der Waals surface area contributed by atoms with Crippen LogP contribution in [0.1, 0.15) is 52.4 Å². The second-order valence-corrected chi connectivity index (χ2v) is 7.33. The van der Waals surface area contributed by atoms with Gasteiger partial charge in [-0.15, -0.1) is 6.42 Å². The molecule has 1 saturated carbocycles. The lowest BCUT2D eigenvalue weighted by molar-refractivity contribution is -0.0723.